The molecule has 13 heavy (non-hydrogen) atoms. The first-order valence-corrected chi connectivity index (χ1v) is 3.99. The maximum Gasteiger partial charge on any atom is 0.309 e. The second-order valence-corrected chi connectivity index (χ2v) is 2.39. The lowest BCUT2D eigenvalue weighted by Gasteiger charge is -2.01. The monoisotopic (exact) mass is 184 g/mol. The molecule has 0 heterocycles. The van der Waals surface area contributed by atoms with Crippen molar-refractivity contribution in [1.82, 2.24) is 0 Å². The van der Waals surface area contributed by atoms with E-state index in [9.17, 15) is 8.78 Å². The van der Waals surface area contributed by atoms with Crippen molar-refractivity contribution in [2.45, 2.75) is 6.92 Å². The van der Waals surface area contributed by atoms with E-state index in [4.69, 9.17) is 0 Å². The highest BCUT2D eigenvalue weighted by Crippen LogP contribution is 2.21. The van der Waals surface area contributed by atoms with Crippen LogP contribution in [0, 0.1) is 0 Å². The Bertz CT molecular complexity index is 293. The molecule has 0 radical (unpaired) electrons. The summed E-state index contributed by atoms with van der Waals surface area (Å²) in [5.41, 5.74) is 0.188. The third kappa shape index (κ3) is 2.54. The van der Waals surface area contributed by atoms with E-state index in [0.717, 1.165) is 0 Å². The average molecular weight is 184 g/mol. The van der Waals surface area contributed by atoms with Crippen molar-refractivity contribution in [2.75, 3.05) is 6.61 Å². The molecule has 0 aromatic heterocycles. The second-order valence-electron chi connectivity index (χ2n) is 2.39. The van der Waals surface area contributed by atoms with Crippen LogP contribution in [-0.4, -0.2) is 6.61 Å². The molecule has 1 nitrogen and oxygen atoms in total. The van der Waals surface area contributed by atoms with E-state index in [1.165, 1.54) is 12.1 Å². The summed E-state index contributed by atoms with van der Waals surface area (Å²) < 4.78 is 30.3. The predicted molar refractivity (Wildman–Crippen MR) is 47.2 cm³/mol. The van der Waals surface area contributed by atoms with Crippen LogP contribution in [0.1, 0.15) is 12.5 Å². The van der Waals surface area contributed by atoms with Crippen molar-refractivity contribution in [1.29, 1.82) is 0 Å². The minimum absolute atomic E-state index is 0.117. The van der Waals surface area contributed by atoms with Gasteiger partial charge in [-0.15, -0.1) is 0 Å². The highest BCUT2D eigenvalue weighted by molar-refractivity contribution is 5.59. The molecule has 0 amide bonds. The molecule has 0 saturated carbocycles. The van der Waals surface area contributed by atoms with Crippen molar-refractivity contribution in [3.05, 3.63) is 41.9 Å². The number of benzene rings is 1. The van der Waals surface area contributed by atoms with Gasteiger partial charge in [-0.25, -0.2) is 0 Å². The van der Waals surface area contributed by atoms with Crippen LogP contribution in [0.5, 0.6) is 0 Å². The van der Waals surface area contributed by atoms with Gasteiger partial charge in [0.1, 0.15) is 0 Å². The van der Waals surface area contributed by atoms with Crippen molar-refractivity contribution < 1.29 is 13.5 Å². The maximum absolute atomic E-state index is 13.1. The number of ether oxygens (including phenoxy) is 1. The fourth-order valence-corrected chi connectivity index (χ4v) is 0.888. The summed E-state index contributed by atoms with van der Waals surface area (Å²) in [6.07, 6.45) is 0. The minimum atomic E-state index is -1.16. The first kappa shape index (κ1) is 9.71. The molecule has 0 aliphatic rings. The molecule has 1 aromatic carbocycles. The summed E-state index contributed by atoms with van der Waals surface area (Å²) in [6.45, 7) is 1.71. The van der Waals surface area contributed by atoms with Crippen LogP contribution >= 0.6 is 0 Å². The molecular weight excluding hydrogens is 174 g/mol. The lowest BCUT2D eigenvalue weighted by Crippen LogP contribution is -1.88. The number of hydrogen-bond donors (Lipinski definition) is 0. The highest BCUT2D eigenvalue weighted by Gasteiger charge is 2.08. The number of rotatable bonds is 3. The van der Waals surface area contributed by atoms with Crippen LogP contribution in [0.4, 0.5) is 8.78 Å². The van der Waals surface area contributed by atoms with Gasteiger partial charge in [0.15, 0.2) is 0 Å². The van der Waals surface area contributed by atoms with Crippen LogP contribution in [-0.2, 0) is 4.74 Å². The normalized spacial score (nSPS) is 12.2. The Kier molecular flexibility index (Phi) is 3.43. The molecule has 0 spiro atoms. The van der Waals surface area contributed by atoms with E-state index in [2.05, 4.69) is 4.74 Å². The molecule has 0 unspecified atom stereocenters. The Balaban J connectivity index is 2.89. The zero-order chi connectivity index (χ0) is 9.68. The van der Waals surface area contributed by atoms with E-state index in [0.29, 0.717) is 0 Å². The summed E-state index contributed by atoms with van der Waals surface area (Å²) in [7, 11) is 0. The van der Waals surface area contributed by atoms with Crippen molar-refractivity contribution in [3.8, 4) is 0 Å². The Morgan fingerprint density at radius 3 is 2.38 bits per heavy atom. The van der Waals surface area contributed by atoms with E-state index in [1.807, 2.05) is 0 Å². The largest absolute Gasteiger partial charge is 0.469 e. The minimum Gasteiger partial charge on any atom is -0.469 e. The van der Waals surface area contributed by atoms with E-state index in [1.54, 1.807) is 25.1 Å². The fraction of sp³-hybridized carbons (Fsp3) is 0.200. The molecular formula is C10H10F2O. The molecule has 0 bridgehead atoms. The van der Waals surface area contributed by atoms with Gasteiger partial charge in [0, 0.05) is 5.56 Å². The molecule has 1 rings (SSSR count). The third-order valence-electron chi connectivity index (χ3n) is 1.47. The summed E-state index contributed by atoms with van der Waals surface area (Å²) >= 11 is 0. The molecule has 0 fully saturated rings. The van der Waals surface area contributed by atoms with Crippen LogP contribution < -0.4 is 0 Å². The number of hydrogen-bond acceptors (Lipinski definition) is 1. The van der Waals surface area contributed by atoms with Gasteiger partial charge in [-0.3, -0.25) is 0 Å². The van der Waals surface area contributed by atoms with Crippen LogP contribution in [0.15, 0.2) is 36.3 Å². The molecule has 70 valence electrons. The van der Waals surface area contributed by atoms with Crippen LogP contribution in [0.25, 0.3) is 5.83 Å². The molecule has 0 aliphatic heterocycles. The Morgan fingerprint density at radius 2 is 1.85 bits per heavy atom. The van der Waals surface area contributed by atoms with Gasteiger partial charge in [-0.05, 0) is 6.92 Å². The Morgan fingerprint density at radius 1 is 1.23 bits per heavy atom. The standard InChI is InChI=1S/C10H10F2O/c1-2-13-10(12)9(11)8-6-4-3-5-7-8/h3-7H,2H2,1H3/b10-9-. The molecule has 0 saturated heterocycles. The molecule has 1 aromatic rings. The van der Waals surface area contributed by atoms with Crippen molar-refractivity contribution in [3.63, 3.8) is 0 Å². The van der Waals surface area contributed by atoms with Crippen molar-refractivity contribution >= 4 is 5.83 Å². The van der Waals surface area contributed by atoms with E-state index >= 15 is 0 Å². The summed E-state index contributed by atoms with van der Waals surface area (Å²) in [5, 5.41) is 0. The summed E-state index contributed by atoms with van der Waals surface area (Å²) in [6, 6.07) is 6.80. The molecule has 3 heteroatoms. The maximum atomic E-state index is 13.1. The molecule has 0 aliphatic carbocycles. The topological polar surface area (TPSA) is 9.23 Å². The lowest BCUT2D eigenvalue weighted by atomic mass is 10.2. The Hall–Kier alpha value is -1.38. The third-order valence-corrected chi connectivity index (χ3v) is 1.47. The van der Waals surface area contributed by atoms with Gasteiger partial charge in [0.25, 0.3) is 0 Å². The zero-order valence-electron chi connectivity index (χ0n) is 7.26. The van der Waals surface area contributed by atoms with E-state index in [-0.39, 0.29) is 12.2 Å². The smallest absolute Gasteiger partial charge is 0.309 e. The van der Waals surface area contributed by atoms with Gasteiger partial charge in [-0.2, -0.15) is 8.78 Å². The van der Waals surface area contributed by atoms with Crippen LogP contribution in [0.3, 0.4) is 0 Å². The number of halogens is 2. The SMILES string of the molecule is CCO/C(F)=C(\F)c1ccccc1. The molecule has 0 N–H and O–H groups in total. The summed E-state index contributed by atoms with van der Waals surface area (Å²) in [5.74, 6) is -0.956. The van der Waals surface area contributed by atoms with Gasteiger partial charge in [-0.1, -0.05) is 30.3 Å². The fourth-order valence-electron chi connectivity index (χ4n) is 0.888. The predicted octanol–water partition coefficient (Wildman–Crippen LogP) is 3.29. The zero-order valence-corrected chi connectivity index (χ0v) is 7.26. The molecule has 0 atom stereocenters. The van der Waals surface area contributed by atoms with Gasteiger partial charge < -0.3 is 4.74 Å². The Labute approximate surface area is 75.6 Å². The first-order chi connectivity index (χ1) is 6.25. The van der Waals surface area contributed by atoms with Gasteiger partial charge in [0.2, 0.25) is 5.83 Å². The quantitative estimate of drug-likeness (QED) is 0.655. The average Bonchev–Trinajstić information content (AvgIpc) is 2.18. The first-order valence-electron chi connectivity index (χ1n) is 3.99. The van der Waals surface area contributed by atoms with Crippen LogP contribution in [0.2, 0.25) is 0 Å². The highest BCUT2D eigenvalue weighted by atomic mass is 19.2. The van der Waals surface area contributed by atoms with E-state index < -0.39 is 11.8 Å². The lowest BCUT2D eigenvalue weighted by molar-refractivity contribution is 0.156. The second kappa shape index (κ2) is 4.60. The van der Waals surface area contributed by atoms with Crippen molar-refractivity contribution in [2.24, 2.45) is 0 Å². The summed E-state index contributed by atoms with van der Waals surface area (Å²) in [4.78, 5) is 0. The van der Waals surface area contributed by atoms with Gasteiger partial charge >= 0.3 is 6.01 Å². The van der Waals surface area contributed by atoms with Gasteiger partial charge in [0.05, 0.1) is 6.61 Å².